The van der Waals surface area contributed by atoms with Gasteiger partial charge in [0.25, 0.3) is 0 Å². The summed E-state index contributed by atoms with van der Waals surface area (Å²) in [6, 6.07) is 22.5. The molecule has 25 heavy (non-hydrogen) atoms. The zero-order chi connectivity index (χ0) is 17.5. The number of hydrogen-bond acceptors (Lipinski definition) is 2. The molecule has 0 aromatic heterocycles. The van der Waals surface area contributed by atoms with Crippen LogP contribution in [0.2, 0.25) is 0 Å². The SMILES string of the molecule is NC(=O)COCCc1ccc(C#Cc2ccc3ccccc3c2)cc1. The summed E-state index contributed by atoms with van der Waals surface area (Å²) in [6.07, 6.45) is 0.742. The van der Waals surface area contributed by atoms with Crippen LogP contribution in [-0.2, 0) is 16.0 Å². The quantitative estimate of drug-likeness (QED) is 0.577. The van der Waals surface area contributed by atoms with Crippen molar-refractivity contribution >= 4 is 16.7 Å². The van der Waals surface area contributed by atoms with E-state index in [0.29, 0.717) is 6.61 Å². The Morgan fingerprint density at radius 3 is 2.32 bits per heavy atom. The van der Waals surface area contributed by atoms with Crippen molar-refractivity contribution in [3.63, 3.8) is 0 Å². The lowest BCUT2D eigenvalue weighted by Crippen LogP contribution is -2.18. The first-order chi connectivity index (χ1) is 12.2. The van der Waals surface area contributed by atoms with Crippen molar-refractivity contribution < 1.29 is 9.53 Å². The highest BCUT2D eigenvalue weighted by molar-refractivity contribution is 5.83. The van der Waals surface area contributed by atoms with Crippen molar-refractivity contribution in [3.8, 4) is 11.8 Å². The summed E-state index contributed by atoms with van der Waals surface area (Å²) in [7, 11) is 0. The molecule has 0 atom stereocenters. The Morgan fingerprint density at radius 2 is 1.56 bits per heavy atom. The fraction of sp³-hybridized carbons (Fsp3) is 0.136. The van der Waals surface area contributed by atoms with Gasteiger partial charge in [-0.05, 0) is 47.0 Å². The molecule has 124 valence electrons. The van der Waals surface area contributed by atoms with E-state index in [1.54, 1.807) is 0 Å². The number of carbonyl (C=O) groups is 1. The highest BCUT2D eigenvalue weighted by Crippen LogP contribution is 2.15. The Morgan fingerprint density at radius 1 is 0.880 bits per heavy atom. The lowest BCUT2D eigenvalue weighted by molar-refractivity contribution is -0.122. The van der Waals surface area contributed by atoms with Crippen LogP contribution in [-0.4, -0.2) is 19.1 Å². The van der Waals surface area contributed by atoms with E-state index in [2.05, 4.69) is 36.1 Å². The van der Waals surface area contributed by atoms with Crippen LogP contribution in [0.1, 0.15) is 16.7 Å². The molecule has 0 aliphatic heterocycles. The van der Waals surface area contributed by atoms with E-state index in [-0.39, 0.29) is 6.61 Å². The second kappa shape index (κ2) is 8.14. The van der Waals surface area contributed by atoms with Gasteiger partial charge in [-0.15, -0.1) is 0 Å². The van der Waals surface area contributed by atoms with E-state index < -0.39 is 5.91 Å². The highest BCUT2D eigenvalue weighted by atomic mass is 16.5. The Labute approximate surface area is 147 Å². The molecule has 3 nitrogen and oxygen atoms in total. The van der Waals surface area contributed by atoms with Gasteiger partial charge in [-0.25, -0.2) is 0 Å². The number of primary amides is 1. The van der Waals surface area contributed by atoms with E-state index >= 15 is 0 Å². The zero-order valence-electron chi connectivity index (χ0n) is 13.9. The van der Waals surface area contributed by atoms with Gasteiger partial charge in [0.1, 0.15) is 6.61 Å². The van der Waals surface area contributed by atoms with E-state index in [1.165, 1.54) is 10.8 Å². The third-order valence-electron chi connectivity index (χ3n) is 3.83. The monoisotopic (exact) mass is 329 g/mol. The second-order valence-electron chi connectivity index (χ2n) is 5.78. The van der Waals surface area contributed by atoms with Crippen LogP contribution in [0.3, 0.4) is 0 Å². The Bertz CT molecular complexity index is 933. The van der Waals surface area contributed by atoms with Gasteiger partial charge >= 0.3 is 0 Å². The number of hydrogen-bond donors (Lipinski definition) is 1. The van der Waals surface area contributed by atoms with E-state index in [1.807, 2.05) is 42.5 Å². The predicted molar refractivity (Wildman–Crippen MR) is 100 cm³/mol. The van der Waals surface area contributed by atoms with Crippen molar-refractivity contribution in [3.05, 3.63) is 83.4 Å². The fourth-order valence-corrected chi connectivity index (χ4v) is 2.53. The highest BCUT2D eigenvalue weighted by Gasteiger charge is 1.97. The van der Waals surface area contributed by atoms with Gasteiger partial charge < -0.3 is 10.5 Å². The van der Waals surface area contributed by atoms with Gasteiger partial charge in [0.05, 0.1) is 6.61 Å². The molecular weight excluding hydrogens is 310 g/mol. The molecule has 3 aromatic rings. The number of nitrogens with two attached hydrogens (primary N) is 1. The van der Waals surface area contributed by atoms with Crippen LogP contribution in [0.25, 0.3) is 10.8 Å². The number of fused-ring (bicyclic) bond motifs is 1. The van der Waals surface area contributed by atoms with E-state index in [4.69, 9.17) is 10.5 Å². The summed E-state index contributed by atoms with van der Waals surface area (Å²) in [5.74, 6) is 5.96. The molecule has 0 aliphatic carbocycles. The molecule has 0 unspecified atom stereocenters. The Balaban J connectivity index is 1.63. The van der Waals surface area contributed by atoms with Crippen LogP contribution < -0.4 is 5.73 Å². The molecule has 0 saturated carbocycles. The lowest BCUT2D eigenvalue weighted by atomic mass is 10.1. The topological polar surface area (TPSA) is 52.3 Å². The van der Waals surface area contributed by atoms with Crippen molar-refractivity contribution in [2.24, 2.45) is 5.73 Å². The van der Waals surface area contributed by atoms with Crippen molar-refractivity contribution in [2.75, 3.05) is 13.2 Å². The van der Waals surface area contributed by atoms with Crippen molar-refractivity contribution in [2.45, 2.75) is 6.42 Å². The van der Waals surface area contributed by atoms with Gasteiger partial charge in [0.2, 0.25) is 5.91 Å². The maximum absolute atomic E-state index is 10.6. The molecule has 1 amide bonds. The Hall–Kier alpha value is -3.09. The molecule has 2 N–H and O–H groups in total. The van der Waals surface area contributed by atoms with Crippen LogP contribution in [0, 0.1) is 11.8 Å². The van der Waals surface area contributed by atoms with Crippen LogP contribution in [0.5, 0.6) is 0 Å². The van der Waals surface area contributed by atoms with Crippen LogP contribution in [0.4, 0.5) is 0 Å². The number of rotatable bonds is 5. The van der Waals surface area contributed by atoms with Crippen LogP contribution >= 0.6 is 0 Å². The van der Waals surface area contributed by atoms with Crippen LogP contribution in [0.15, 0.2) is 66.7 Å². The van der Waals surface area contributed by atoms with Gasteiger partial charge in [-0.3, -0.25) is 4.79 Å². The number of benzene rings is 3. The minimum absolute atomic E-state index is 0.0324. The molecule has 0 radical (unpaired) electrons. The summed E-state index contributed by atoms with van der Waals surface area (Å²) in [5.41, 5.74) is 8.13. The average Bonchev–Trinajstić information content (AvgIpc) is 2.64. The van der Waals surface area contributed by atoms with E-state index in [0.717, 1.165) is 23.1 Å². The van der Waals surface area contributed by atoms with Gasteiger partial charge in [-0.2, -0.15) is 0 Å². The first-order valence-corrected chi connectivity index (χ1v) is 8.16. The summed E-state index contributed by atoms with van der Waals surface area (Å²) in [4.78, 5) is 10.6. The first-order valence-electron chi connectivity index (χ1n) is 8.16. The zero-order valence-corrected chi connectivity index (χ0v) is 13.9. The minimum Gasteiger partial charge on any atom is -0.371 e. The largest absolute Gasteiger partial charge is 0.371 e. The smallest absolute Gasteiger partial charge is 0.243 e. The number of ether oxygens (including phenoxy) is 1. The standard InChI is InChI=1S/C22H19NO2/c23-22(24)16-25-14-13-18-7-5-17(6-8-18)9-10-19-11-12-20-3-1-2-4-21(20)15-19/h1-8,11-12,15H,13-14,16H2,(H2,23,24). The molecule has 3 rings (SSSR count). The van der Waals surface area contributed by atoms with Gasteiger partial charge in [0.15, 0.2) is 0 Å². The summed E-state index contributed by atoms with van der Waals surface area (Å²) < 4.78 is 5.17. The summed E-state index contributed by atoms with van der Waals surface area (Å²) in [5, 5.41) is 2.41. The molecule has 0 heterocycles. The molecule has 0 fully saturated rings. The third-order valence-corrected chi connectivity index (χ3v) is 3.83. The molecule has 0 bridgehead atoms. The normalized spacial score (nSPS) is 10.2. The minimum atomic E-state index is -0.445. The average molecular weight is 329 g/mol. The molecule has 0 aliphatic rings. The first kappa shape index (κ1) is 16.8. The van der Waals surface area contributed by atoms with E-state index in [9.17, 15) is 4.79 Å². The van der Waals surface area contributed by atoms with Crippen molar-refractivity contribution in [1.29, 1.82) is 0 Å². The van der Waals surface area contributed by atoms with Crippen molar-refractivity contribution in [1.82, 2.24) is 0 Å². The summed E-state index contributed by atoms with van der Waals surface area (Å²) >= 11 is 0. The number of amides is 1. The number of carbonyl (C=O) groups excluding carboxylic acids is 1. The third kappa shape index (κ3) is 4.94. The maximum Gasteiger partial charge on any atom is 0.243 e. The second-order valence-corrected chi connectivity index (χ2v) is 5.78. The summed E-state index contributed by atoms with van der Waals surface area (Å²) in [6.45, 7) is 0.445. The lowest BCUT2D eigenvalue weighted by Gasteiger charge is -2.02. The maximum atomic E-state index is 10.6. The molecule has 0 saturated heterocycles. The molecule has 3 aromatic carbocycles. The predicted octanol–water partition coefficient (Wildman–Crippen LogP) is 3.28. The van der Waals surface area contributed by atoms with Gasteiger partial charge in [0, 0.05) is 11.1 Å². The molecule has 0 spiro atoms. The molecule has 3 heteroatoms. The Kier molecular flexibility index (Phi) is 5.46. The van der Waals surface area contributed by atoms with Gasteiger partial charge in [-0.1, -0.05) is 54.3 Å². The molecular formula is C22H19NO2. The fourth-order valence-electron chi connectivity index (χ4n) is 2.53.